The summed E-state index contributed by atoms with van der Waals surface area (Å²) in [6, 6.07) is 9.52. The van der Waals surface area contributed by atoms with E-state index in [2.05, 4.69) is 43.4 Å². The average Bonchev–Trinajstić information content (AvgIpc) is 2.39. The minimum absolute atomic E-state index is 0.664. The van der Waals surface area contributed by atoms with Gasteiger partial charge in [0.1, 0.15) is 0 Å². The van der Waals surface area contributed by atoms with Gasteiger partial charge >= 0.3 is 0 Å². The molecule has 0 amide bonds. The van der Waals surface area contributed by atoms with Crippen LogP contribution in [0.25, 0.3) is 0 Å². The summed E-state index contributed by atoms with van der Waals surface area (Å²) in [5.74, 6) is 0.897. The van der Waals surface area contributed by atoms with E-state index in [1.165, 1.54) is 43.2 Å². The van der Waals surface area contributed by atoms with Gasteiger partial charge in [-0.25, -0.2) is 0 Å². The maximum absolute atomic E-state index is 3.69. The first-order chi connectivity index (χ1) is 8.25. The van der Waals surface area contributed by atoms with E-state index in [0.717, 1.165) is 12.5 Å². The van der Waals surface area contributed by atoms with Gasteiger partial charge in [0.25, 0.3) is 0 Å². The molecule has 0 heterocycles. The molecule has 1 N–H and O–H groups in total. The first kappa shape index (κ1) is 12.6. The third-order valence-corrected chi connectivity index (χ3v) is 4.11. The van der Waals surface area contributed by atoms with Crippen LogP contribution in [-0.4, -0.2) is 6.04 Å². The zero-order valence-electron chi connectivity index (χ0n) is 11.2. The summed E-state index contributed by atoms with van der Waals surface area (Å²) in [7, 11) is 0. The fourth-order valence-corrected chi connectivity index (χ4v) is 2.79. The van der Waals surface area contributed by atoms with Crippen LogP contribution in [-0.2, 0) is 6.54 Å². The highest BCUT2D eigenvalue weighted by Crippen LogP contribution is 2.26. The van der Waals surface area contributed by atoms with Gasteiger partial charge in [0.2, 0.25) is 0 Å². The lowest BCUT2D eigenvalue weighted by Gasteiger charge is -2.28. The molecule has 0 bridgehead atoms. The van der Waals surface area contributed by atoms with Gasteiger partial charge in [-0.1, -0.05) is 49.1 Å². The average molecular weight is 231 g/mol. The molecule has 1 aliphatic carbocycles. The minimum Gasteiger partial charge on any atom is -0.310 e. The van der Waals surface area contributed by atoms with Crippen LogP contribution >= 0.6 is 0 Å². The number of benzene rings is 1. The number of aryl methyl sites for hydroxylation is 1. The molecule has 1 aromatic rings. The molecule has 0 spiro atoms. The molecular weight excluding hydrogens is 206 g/mol. The van der Waals surface area contributed by atoms with Crippen LogP contribution in [0.15, 0.2) is 24.3 Å². The molecule has 0 aromatic heterocycles. The van der Waals surface area contributed by atoms with Gasteiger partial charge in [-0.05, 0) is 38.2 Å². The third kappa shape index (κ3) is 3.85. The molecule has 1 aliphatic rings. The second-order valence-corrected chi connectivity index (χ2v) is 5.55. The Morgan fingerprint density at radius 1 is 1.12 bits per heavy atom. The lowest BCUT2D eigenvalue weighted by Crippen LogP contribution is -2.34. The number of nitrogens with one attached hydrogen (secondary N) is 1. The van der Waals surface area contributed by atoms with Gasteiger partial charge < -0.3 is 5.32 Å². The maximum atomic E-state index is 3.69. The predicted octanol–water partition coefficient (Wildman–Crippen LogP) is 4.05. The van der Waals surface area contributed by atoms with Gasteiger partial charge in [0.05, 0.1) is 0 Å². The zero-order chi connectivity index (χ0) is 12.1. The monoisotopic (exact) mass is 231 g/mol. The van der Waals surface area contributed by atoms with Crippen molar-refractivity contribution >= 4 is 0 Å². The quantitative estimate of drug-likeness (QED) is 0.824. The SMILES string of the molecule is Cc1ccc(CN[C@@H](C)C2CCCCC2)cc1. The van der Waals surface area contributed by atoms with E-state index in [-0.39, 0.29) is 0 Å². The van der Waals surface area contributed by atoms with Crippen molar-refractivity contribution in [2.24, 2.45) is 5.92 Å². The van der Waals surface area contributed by atoms with Crippen molar-refractivity contribution in [2.75, 3.05) is 0 Å². The van der Waals surface area contributed by atoms with E-state index < -0.39 is 0 Å². The largest absolute Gasteiger partial charge is 0.310 e. The van der Waals surface area contributed by atoms with Gasteiger partial charge in [-0.15, -0.1) is 0 Å². The first-order valence-corrected chi connectivity index (χ1v) is 7.04. The van der Waals surface area contributed by atoms with Gasteiger partial charge in [-0.2, -0.15) is 0 Å². The Balaban J connectivity index is 1.78. The third-order valence-electron chi connectivity index (χ3n) is 4.11. The summed E-state index contributed by atoms with van der Waals surface area (Å²) in [4.78, 5) is 0. The second-order valence-electron chi connectivity index (χ2n) is 5.55. The van der Waals surface area contributed by atoms with Crippen LogP contribution in [0.3, 0.4) is 0 Å². The van der Waals surface area contributed by atoms with Crippen LogP contribution < -0.4 is 5.32 Å². The van der Waals surface area contributed by atoms with E-state index in [0.29, 0.717) is 6.04 Å². The predicted molar refractivity (Wildman–Crippen MR) is 74.1 cm³/mol. The smallest absolute Gasteiger partial charge is 0.0208 e. The van der Waals surface area contributed by atoms with E-state index >= 15 is 0 Å². The molecule has 0 radical (unpaired) electrons. The molecule has 0 aliphatic heterocycles. The normalized spacial score (nSPS) is 19.2. The Kier molecular flexibility index (Phi) is 4.61. The summed E-state index contributed by atoms with van der Waals surface area (Å²) < 4.78 is 0. The highest BCUT2D eigenvalue weighted by Gasteiger charge is 2.19. The van der Waals surface area contributed by atoms with Crippen LogP contribution in [0.2, 0.25) is 0 Å². The number of rotatable bonds is 4. The van der Waals surface area contributed by atoms with Crippen LogP contribution in [0.1, 0.15) is 50.2 Å². The fraction of sp³-hybridized carbons (Fsp3) is 0.625. The molecule has 1 saturated carbocycles. The maximum Gasteiger partial charge on any atom is 0.0208 e. The Morgan fingerprint density at radius 2 is 1.76 bits per heavy atom. The molecule has 1 fully saturated rings. The molecule has 1 aromatic carbocycles. The molecule has 0 saturated heterocycles. The van der Waals surface area contributed by atoms with Gasteiger partial charge in [0.15, 0.2) is 0 Å². The number of hydrogen-bond donors (Lipinski definition) is 1. The first-order valence-electron chi connectivity index (χ1n) is 7.04. The van der Waals surface area contributed by atoms with Crippen molar-refractivity contribution < 1.29 is 0 Å². The highest BCUT2D eigenvalue weighted by molar-refractivity contribution is 5.21. The topological polar surface area (TPSA) is 12.0 Å². The van der Waals surface area contributed by atoms with Crippen LogP contribution in [0, 0.1) is 12.8 Å². The Labute approximate surface area is 106 Å². The van der Waals surface area contributed by atoms with Crippen LogP contribution in [0.4, 0.5) is 0 Å². The molecular formula is C16H25N. The summed E-state index contributed by atoms with van der Waals surface area (Å²) >= 11 is 0. The Morgan fingerprint density at radius 3 is 2.41 bits per heavy atom. The van der Waals surface area contributed by atoms with Crippen molar-refractivity contribution in [3.05, 3.63) is 35.4 Å². The molecule has 2 rings (SSSR count). The van der Waals surface area contributed by atoms with E-state index in [9.17, 15) is 0 Å². The highest BCUT2D eigenvalue weighted by atomic mass is 14.9. The second kappa shape index (κ2) is 6.20. The molecule has 1 heteroatoms. The van der Waals surface area contributed by atoms with Gasteiger partial charge in [0, 0.05) is 12.6 Å². The van der Waals surface area contributed by atoms with Crippen molar-refractivity contribution in [1.29, 1.82) is 0 Å². The molecule has 94 valence electrons. The molecule has 1 nitrogen and oxygen atoms in total. The lowest BCUT2D eigenvalue weighted by molar-refractivity contribution is 0.280. The van der Waals surface area contributed by atoms with E-state index in [1.54, 1.807) is 0 Å². The van der Waals surface area contributed by atoms with E-state index in [1.807, 2.05) is 0 Å². The zero-order valence-corrected chi connectivity index (χ0v) is 11.2. The van der Waals surface area contributed by atoms with Gasteiger partial charge in [-0.3, -0.25) is 0 Å². The lowest BCUT2D eigenvalue weighted by atomic mass is 9.84. The molecule has 0 unspecified atom stereocenters. The van der Waals surface area contributed by atoms with Crippen molar-refractivity contribution in [1.82, 2.24) is 5.32 Å². The Bertz CT molecular complexity index is 322. The van der Waals surface area contributed by atoms with Crippen LogP contribution in [0.5, 0.6) is 0 Å². The summed E-state index contributed by atoms with van der Waals surface area (Å²) in [5, 5.41) is 3.69. The molecule has 1 atom stereocenters. The summed E-state index contributed by atoms with van der Waals surface area (Å²) in [5.41, 5.74) is 2.74. The summed E-state index contributed by atoms with van der Waals surface area (Å²) in [6.45, 7) is 5.50. The molecule has 17 heavy (non-hydrogen) atoms. The van der Waals surface area contributed by atoms with Crippen molar-refractivity contribution in [3.63, 3.8) is 0 Å². The van der Waals surface area contributed by atoms with Crippen molar-refractivity contribution in [2.45, 2.75) is 58.5 Å². The fourth-order valence-electron chi connectivity index (χ4n) is 2.79. The number of hydrogen-bond acceptors (Lipinski definition) is 1. The Hall–Kier alpha value is -0.820. The summed E-state index contributed by atoms with van der Waals surface area (Å²) in [6.07, 6.45) is 7.15. The minimum atomic E-state index is 0.664. The standard InChI is InChI=1S/C16H25N/c1-13-8-10-15(11-9-13)12-17-14(2)16-6-4-3-5-7-16/h8-11,14,16-17H,3-7,12H2,1-2H3/t14-/m0/s1. The van der Waals surface area contributed by atoms with E-state index in [4.69, 9.17) is 0 Å². The van der Waals surface area contributed by atoms with Crippen molar-refractivity contribution in [3.8, 4) is 0 Å².